The lowest BCUT2D eigenvalue weighted by atomic mass is 10.2. The molecule has 0 spiro atoms. The zero-order valence-electron chi connectivity index (χ0n) is 9.84. The van der Waals surface area contributed by atoms with Gasteiger partial charge in [-0.25, -0.2) is 15.0 Å². The Morgan fingerprint density at radius 3 is 2.79 bits per heavy atom. The summed E-state index contributed by atoms with van der Waals surface area (Å²) in [6, 6.07) is 9.55. The van der Waals surface area contributed by atoms with Gasteiger partial charge in [-0.1, -0.05) is 12.1 Å². The van der Waals surface area contributed by atoms with Gasteiger partial charge in [-0.15, -0.1) is 0 Å². The number of hydrogen-bond acceptors (Lipinski definition) is 5. The van der Waals surface area contributed by atoms with E-state index in [1.165, 1.54) is 6.33 Å². The van der Waals surface area contributed by atoms with Crippen molar-refractivity contribution in [2.75, 3.05) is 11.1 Å². The molecule has 0 bridgehead atoms. The number of nitrogens with zero attached hydrogens (tertiary/aromatic N) is 3. The highest BCUT2D eigenvalue weighted by molar-refractivity contribution is 9.10. The van der Waals surface area contributed by atoms with E-state index in [1.54, 1.807) is 12.3 Å². The van der Waals surface area contributed by atoms with Crippen molar-refractivity contribution in [2.24, 2.45) is 0 Å². The first-order valence-corrected chi connectivity index (χ1v) is 6.41. The number of fused-ring (bicyclic) bond motifs is 1. The summed E-state index contributed by atoms with van der Waals surface area (Å²) in [5.41, 5.74) is 7.34. The van der Waals surface area contributed by atoms with Crippen molar-refractivity contribution in [2.45, 2.75) is 0 Å². The number of aromatic nitrogens is 3. The van der Waals surface area contributed by atoms with Gasteiger partial charge in [-0.05, 0) is 28.1 Å². The summed E-state index contributed by atoms with van der Waals surface area (Å²) in [4.78, 5) is 12.5. The molecule has 0 unspecified atom stereocenters. The molecule has 0 saturated carbocycles. The van der Waals surface area contributed by atoms with Crippen LogP contribution in [0.1, 0.15) is 0 Å². The number of hydrogen-bond donors (Lipinski definition) is 2. The standard InChI is InChI=1S/C13H10BrN5/c14-9-3-1-2-4-10(9)19-13-8-6-16-12(15)5-11(8)17-7-18-13/h1-7H,(H2,15,16)(H,17,18,19). The molecular weight excluding hydrogens is 306 g/mol. The Kier molecular flexibility index (Phi) is 3.00. The van der Waals surface area contributed by atoms with Crippen molar-refractivity contribution in [1.29, 1.82) is 0 Å². The summed E-state index contributed by atoms with van der Waals surface area (Å²) < 4.78 is 0.963. The zero-order chi connectivity index (χ0) is 13.2. The topological polar surface area (TPSA) is 76.7 Å². The monoisotopic (exact) mass is 315 g/mol. The molecular formula is C13H10BrN5. The van der Waals surface area contributed by atoms with Crippen LogP contribution >= 0.6 is 15.9 Å². The third kappa shape index (κ3) is 2.34. The van der Waals surface area contributed by atoms with Crippen LogP contribution in [0.15, 0.2) is 47.3 Å². The van der Waals surface area contributed by atoms with Crippen molar-refractivity contribution >= 4 is 44.2 Å². The number of nitrogens with two attached hydrogens (primary N) is 1. The number of halogens is 1. The summed E-state index contributed by atoms with van der Waals surface area (Å²) in [7, 11) is 0. The number of anilines is 3. The molecule has 0 radical (unpaired) electrons. The normalized spacial score (nSPS) is 10.6. The fourth-order valence-corrected chi connectivity index (χ4v) is 2.14. The first-order chi connectivity index (χ1) is 9.24. The maximum atomic E-state index is 5.65. The SMILES string of the molecule is Nc1cc2ncnc(Nc3ccccc3Br)c2cn1. The molecule has 0 aliphatic rings. The van der Waals surface area contributed by atoms with E-state index >= 15 is 0 Å². The van der Waals surface area contributed by atoms with Gasteiger partial charge in [0.15, 0.2) is 0 Å². The fourth-order valence-electron chi connectivity index (χ4n) is 1.76. The van der Waals surface area contributed by atoms with E-state index in [1.807, 2.05) is 24.3 Å². The zero-order valence-corrected chi connectivity index (χ0v) is 11.4. The van der Waals surface area contributed by atoms with E-state index < -0.39 is 0 Å². The molecule has 0 aliphatic carbocycles. The highest BCUT2D eigenvalue weighted by Crippen LogP contribution is 2.27. The van der Waals surface area contributed by atoms with Crippen LogP contribution in [-0.2, 0) is 0 Å². The van der Waals surface area contributed by atoms with E-state index in [-0.39, 0.29) is 0 Å². The first-order valence-electron chi connectivity index (χ1n) is 5.62. The Bertz CT molecular complexity index is 744. The van der Waals surface area contributed by atoms with Crippen LogP contribution in [0.4, 0.5) is 17.3 Å². The van der Waals surface area contributed by atoms with E-state index in [0.29, 0.717) is 11.6 Å². The largest absolute Gasteiger partial charge is 0.384 e. The number of para-hydroxylation sites is 1. The van der Waals surface area contributed by atoms with E-state index in [9.17, 15) is 0 Å². The van der Waals surface area contributed by atoms with Crippen molar-refractivity contribution in [3.8, 4) is 0 Å². The smallest absolute Gasteiger partial charge is 0.143 e. The minimum absolute atomic E-state index is 0.443. The predicted molar refractivity (Wildman–Crippen MR) is 79.2 cm³/mol. The van der Waals surface area contributed by atoms with E-state index in [4.69, 9.17) is 5.73 Å². The van der Waals surface area contributed by atoms with Gasteiger partial charge >= 0.3 is 0 Å². The molecule has 2 heterocycles. The quantitative estimate of drug-likeness (QED) is 0.759. The van der Waals surface area contributed by atoms with Gasteiger partial charge in [0.25, 0.3) is 0 Å². The Labute approximate surface area is 118 Å². The van der Waals surface area contributed by atoms with Crippen LogP contribution in [-0.4, -0.2) is 15.0 Å². The predicted octanol–water partition coefficient (Wildman–Crippen LogP) is 3.11. The third-order valence-electron chi connectivity index (χ3n) is 2.67. The Hall–Kier alpha value is -2.21. The second kappa shape index (κ2) is 4.81. The van der Waals surface area contributed by atoms with E-state index in [2.05, 4.69) is 36.2 Å². The summed E-state index contributed by atoms with van der Waals surface area (Å²) in [5.74, 6) is 1.14. The van der Waals surface area contributed by atoms with Gasteiger partial charge in [0.05, 0.1) is 16.6 Å². The average molecular weight is 316 g/mol. The Balaban J connectivity index is 2.09. The number of nitrogen functional groups attached to an aromatic ring is 1. The number of nitrogens with one attached hydrogen (secondary N) is 1. The molecule has 94 valence electrons. The molecule has 0 amide bonds. The van der Waals surface area contributed by atoms with Crippen LogP contribution in [0.5, 0.6) is 0 Å². The second-order valence-corrected chi connectivity index (χ2v) is 4.81. The lowest BCUT2D eigenvalue weighted by molar-refractivity contribution is 1.20. The minimum Gasteiger partial charge on any atom is -0.384 e. The molecule has 3 aromatic rings. The van der Waals surface area contributed by atoms with Gasteiger partial charge in [0.1, 0.15) is 18.0 Å². The molecule has 6 heteroatoms. The van der Waals surface area contributed by atoms with Gasteiger partial charge in [-0.3, -0.25) is 0 Å². The maximum Gasteiger partial charge on any atom is 0.143 e. The average Bonchev–Trinajstić information content (AvgIpc) is 2.41. The molecule has 5 nitrogen and oxygen atoms in total. The van der Waals surface area contributed by atoms with Crippen LogP contribution in [0.3, 0.4) is 0 Å². The highest BCUT2D eigenvalue weighted by Gasteiger charge is 2.06. The van der Waals surface area contributed by atoms with Gasteiger partial charge < -0.3 is 11.1 Å². The highest BCUT2D eigenvalue weighted by atomic mass is 79.9. The lowest BCUT2D eigenvalue weighted by Crippen LogP contribution is -1.98. The molecule has 0 atom stereocenters. The van der Waals surface area contributed by atoms with Crippen LogP contribution in [0, 0.1) is 0 Å². The van der Waals surface area contributed by atoms with Crippen LogP contribution in [0.2, 0.25) is 0 Å². The molecule has 0 saturated heterocycles. The first kappa shape index (κ1) is 11.9. The molecule has 3 rings (SSSR count). The molecule has 0 aliphatic heterocycles. The van der Waals surface area contributed by atoms with Crippen molar-refractivity contribution in [3.63, 3.8) is 0 Å². The van der Waals surface area contributed by atoms with E-state index in [0.717, 1.165) is 21.1 Å². The molecule has 0 fully saturated rings. The second-order valence-electron chi connectivity index (χ2n) is 3.95. The van der Waals surface area contributed by atoms with Crippen molar-refractivity contribution < 1.29 is 0 Å². The molecule has 1 aromatic carbocycles. The summed E-state index contributed by atoms with van der Waals surface area (Å²) in [6.45, 7) is 0. The van der Waals surface area contributed by atoms with Crippen molar-refractivity contribution in [1.82, 2.24) is 15.0 Å². The number of rotatable bonds is 2. The summed E-state index contributed by atoms with van der Waals surface area (Å²) >= 11 is 3.49. The van der Waals surface area contributed by atoms with Crippen LogP contribution in [0.25, 0.3) is 10.9 Å². The fraction of sp³-hybridized carbons (Fsp3) is 0. The Morgan fingerprint density at radius 1 is 1.11 bits per heavy atom. The summed E-state index contributed by atoms with van der Waals surface area (Å²) in [5, 5.41) is 4.08. The maximum absolute atomic E-state index is 5.65. The molecule has 2 aromatic heterocycles. The number of benzene rings is 1. The molecule has 3 N–H and O–H groups in total. The van der Waals surface area contributed by atoms with Crippen LogP contribution < -0.4 is 11.1 Å². The third-order valence-corrected chi connectivity index (χ3v) is 3.36. The lowest BCUT2D eigenvalue weighted by Gasteiger charge is -2.09. The molecule has 19 heavy (non-hydrogen) atoms. The minimum atomic E-state index is 0.443. The Morgan fingerprint density at radius 2 is 1.95 bits per heavy atom. The summed E-state index contributed by atoms with van der Waals surface area (Å²) in [6.07, 6.45) is 3.17. The van der Waals surface area contributed by atoms with Gasteiger partial charge in [0.2, 0.25) is 0 Å². The van der Waals surface area contributed by atoms with Gasteiger partial charge in [-0.2, -0.15) is 0 Å². The van der Waals surface area contributed by atoms with Gasteiger partial charge in [0, 0.05) is 16.7 Å². The number of pyridine rings is 1. The van der Waals surface area contributed by atoms with Crippen molar-refractivity contribution in [3.05, 3.63) is 47.3 Å².